The third-order valence-corrected chi connectivity index (χ3v) is 6.11. The second-order valence-electron chi connectivity index (χ2n) is 8.78. The van der Waals surface area contributed by atoms with Crippen LogP contribution >= 0.6 is 0 Å². The first-order valence-electron chi connectivity index (χ1n) is 11.4. The molecule has 2 atom stereocenters. The van der Waals surface area contributed by atoms with Crippen LogP contribution < -0.4 is 10.6 Å². The van der Waals surface area contributed by atoms with E-state index in [2.05, 4.69) is 10.6 Å². The highest BCUT2D eigenvalue weighted by Gasteiger charge is 2.58. The second-order valence-corrected chi connectivity index (χ2v) is 8.78. The predicted molar refractivity (Wildman–Crippen MR) is 116 cm³/mol. The van der Waals surface area contributed by atoms with E-state index in [0.717, 1.165) is 11.1 Å². The first-order chi connectivity index (χ1) is 15.3. The lowest BCUT2D eigenvalue weighted by Gasteiger charge is -2.50. The summed E-state index contributed by atoms with van der Waals surface area (Å²) >= 11 is 0. The molecule has 2 amide bonds. The van der Waals surface area contributed by atoms with E-state index < -0.39 is 23.3 Å². The molecule has 3 saturated heterocycles. The molecule has 32 heavy (non-hydrogen) atoms. The minimum absolute atomic E-state index is 0.0848. The molecule has 0 aliphatic carbocycles. The van der Waals surface area contributed by atoms with E-state index in [4.69, 9.17) is 19.9 Å². The third-order valence-electron chi connectivity index (χ3n) is 6.11. The SMILES string of the molecule is C/C(=C\CN1CCC[C@@]2(NC(=O)[C@]3(CCCN(C/C=C(\C)CCO)O3)NC2=O)O1)CCO. The molecule has 3 heterocycles. The van der Waals surface area contributed by atoms with E-state index in [1.807, 2.05) is 26.0 Å². The van der Waals surface area contributed by atoms with E-state index in [1.165, 1.54) is 0 Å². The maximum absolute atomic E-state index is 13.2. The largest absolute Gasteiger partial charge is 0.396 e. The van der Waals surface area contributed by atoms with Crippen molar-refractivity contribution >= 4 is 11.8 Å². The number of piperazine rings is 1. The molecule has 3 rings (SSSR count). The first-order valence-corrected chi connectivity index (χ1v) is 11.4. The Hall–Kier alpha value is -1.82. The Morgan fingerprint density at radius 2 is 1.28 bits per heavy atom. The zero-order valence-corrected chi connectivity index (χ0v) is 19.1. The number of nitrogens with zero attached hydrogens (tertiary/aromatic N) is 2. The molecule has 0 unspecified atom stereocenters. The van der Waals surface area contributed by atoms with Crippen LogP contribution in [0.3, 0.4) is 0 Å². The van der Waals surface area contributed by atoms with Crippen LogP contribution in [0.2, 0.25) is 0 Å². The number of hydrogen-bond donors (Lipinski definition) is 4. The molecule has 0 aromatic carbocycles. The number of hydrogen-bond acceptors (Lipinski definition) is 8. The average Bonchev–Trinajstić information content (AvgIpc) is 2.76. The molecule has 0 radical (unpaired) electrons. The highest BCUT2D eigenvalue weighted by Crippen LogP contribution is 2.32. The van der Waals surface area contributed by atoms with Crippen LogP contribution in [0, 0.1) is 0 Å². The van der Waals surface area contributed by atoms with Gasteiger partial charge in [0.1, 0.15) is 0 Å². The fourth-order valence-corrected chi connectivity index (χ4v) is 4.12. The van der Waals surface area contributed by atoms with Crippen molar-refractivity contribution in [3.63, 3.8) is 0 Å². The summed E-state index contributed by atoms with van der Waals surface area (Å²) in [7, 11) is 0. The summed E-state index contributed by atoms with van der Waals surface area (Å²) < 4.78 is 0. The maximum Gasteiger partial charge on any atom is 0.277 e. The van der Waals surface area contributed by atoms with Crippen molar-refractivity contribution < 1.29 is 29.5 Å². The minimum atomic E-state index is -1.44. The lowest BCUT2D eigenvalue weighted by molar-refractivity contribution is -0.301. The number of aliphatic hydroxyl groups excluding tert-OH is 2. The van der Waals surface area contributed by atoms with E-state index >= 15 is 0 Å². The zero-order valence-electron chi connectivity index (χ0n) is 19.1. The zero-order chi connectivity index (χ0) is 23.2. The smallest absolute Gasteiger partial charge is 0.277 e. The Labute approximate surface area is 189 Å². The van der Waals surface area contributed by atoms with Crippen molar-refractivity contribution in [2.24, 2.45) is 0 Å². The molecule has 0 bridgehead atoms. The van der Waals surface area contributed by atoms with Crippen LogP contribution in [0.1, 0.15) is 52.4 Å². The van der Waals surface area contributed by atoms with Crippen molar-refractivity contribution in [2.75, 3.05) is 39.4 Å². The van der Waals surface area contributed by atoms with Gasteiger partial charge in [0.25, 0.3) is 11.8 Å². The van der Waals surface area contributed by atoms with E-state index in [9.17, 15) is 9.59 Å². The van der Waals surface area contributed by atoms with Crippen molar-refractivity contribution in [3.05, 3.63) is 23.3 Å². The van der Waals surface area contributed by atoms with E-state index in [0.29, 0.717) is 64.7 Å². The summed E-state index contributed by atoms with van der Waals surface area (Å²) in [4.78, 5) is 38.3. The Balaban J connectivity index is 1.65. The number of carbonyl (C=O) groups is 2. The summed E-state index contributed by atoms with van der Waals surface area (Å²) in [5.74, 6) is -0.821. The molecule has 0 aromatic rings. The molecule has 2 spiro atoms. The van der Waals surface area contributed by atoms with Gasteiger partial charge in [-0.1, -0.05) is 23.3 Å². The van der Waals surface area contributed by atoms with Crippen LogP contribution in [-0.2, 0) is 19.3 Å². The van der Waals surface area contributed by atoms with Crippen LogP contribution in [0.25, 0.3) is 0 Å². The summed E-state index contributed by atoms with van der Waals surface area (Å²) in [5, 5.41) is 27.1. The lowest BCUT2D eigenvalue weighted by Crippen LogP contribution is -2.79. The lowest BCUT2D eigenvalue weighted by atomic mass is 9.95. The third kappa shape index (κ3) is 5.75. The molecule has 3 aliphatic rings. The van der Waals surface area contributed by atoms with Crippen LogP contribution in [-0.4, -0.2) is 83.0 Å². The van der Waals surface area contributed by atoms with Gasteiger partial charge in [0.15, 0.2) is 0 Å². The van der Waals surface area contributed by atoms with Gasteiger partial charge in [-0.25, -0.2) is 0 Å². The van der Waals surface area contributed by atoms with Crippen molar-refractivity contribution in [1.29, 1.82) is 0 Å². The van der Waals surface area contributed by atoms with Gasteiger partial charge < -0.3 is 20.8 Å². The second kappa shape index (κ2) is 10.9. The monoisotopic (exact) mass is 452 g/mol. The predicted octanol–water partition coefficient (Wildman–Crippen LogP) is 0.337. The molecule has 180 valence electrons. The first kappa shape index (κ1) is 24.8. The van der Waals surface area contributed by atoms with Crippen molar-refractivity contribution in [1.82, 2.24) is 20.8 Å². The standard InChI is InChI=1S/C22H36N4O6/c1-17(7-15-27)5-13-25-11-3-9-21(31-25)19(29)24-22(20(30)23-21)10-4-12-26(32-22)14-6-18(2)8-16-28/h5-6,27-28H,3-4,7-16H2,1-2H3,(H,23,30)(H,24,29)/b17-5+,18-6+/t21-,22-/m1/s1. The number of nitrogens with one attached hydrogen (secondary N) is 2. The van der Waals surface area contributed by atoms with Crippen LogP contribution in [0.4, 0.5) is 0 Å². The van der Waals surface area contributed by atoms with Gasteiger partial charge in [-0.3, -0.25) is 19.3 Å². The highest BCUT2D eigenvalue weighted by atomic mass is 16.7. The number of rotatable bonds is 8. The van der Waals surface area contributed by atoms with Crippen LogP contribution in [0.15, 0.2) is 23.3 Å². The summed E-state index contributed by atoms with van der Waals surface area (Å²) in [6.45, 7) is 6.24. The minimum Gasteiger partial charge on any atom is -0.396 e. The molecule has 3 aliphatic heterocycles. The molecule has 3 fully saturated rings. The average molecular weight is 453 g/mol. The van der Waals surface area contributed by atoms with Gasteiger partial charge in [-0.15, -0.1) is 0 Å². The fraction of sp³-hybridized carbons (Fsp3) is 0.727. The molecular formula is C22H36N4O6. The van der Waals surface area contributed by atoms with Gasteiger partial charge >= 0.3 is 0 Å². The van der Waals surface area contributed by atoms with Crippen molar-refractivity contribution in [3.8, 4) is 0 Å². The Bertz CT molecular complexity index is 695. The van der Waals surface area contributed by atoms with E-state index in [-0.39, 0.29) is 13.2 Å². The molecule has 10 nitrogen and oxygen atoms in total. The molecule has 10 heteroatoms. The number of hydroxylamine groups is 4. The quantitative estimate of drug-likeness (QED) is 0.389. The van der Waals surface area contributed by atoms with E-state index in [1.54, 1.807) is 10.1 Å². The number of aliphatic hydroxyl groups is 2. The van der Waals surface area contributed by atoms with Gasteiger partial charge in [-0.05, 0) is 39.5 Å². The van der Waals surface area contributed by atoms with Gasteiger partial charge in [0.2, 0.25) is 11.4 Å². The summed E-state index contributed by atoms with van der Waals surface area (Å²) in [6.07, 6.45) is 7.21. The molecular weight excluding hydrogens is 416 g/mol. The van der Waals surface area contributed by atoms with Gasteiger partial charge in [0.05, 0.1) is 0 Å². The Kier molecular flexibility index (Phi) is 8.43. The van der Waals surface area contributed by atoms with Gasteiger partial charge in [0, 0.05) is 52.2 Å². The number of amides is 2. The Morgan fingerprint density at radius 1 is 0.875 bits per heavy atom. The highest BCUT2D eigenvalue weighted by molar-refractivity contribution is 6.00. The summed E-state index contributed by atoms with van der Waals surface area (Å²) in [5.41, 5.74) is -0.818. The Morgan fingerprint density at radius 3 is 1.66 bits per heavy atom. The van der Waals surface area contributed by atoms with Gasteiger partial charge in [-0.2, -0.15) is 10.1 Å². The fourth-order valence-electron chi connectivity index (χ4n) is 4.12. The molecule has 0 aromatic heterocycles. The van der Waals surface area contributed by atoms with Crippen LogP contribution in [0.5, 0.6) is 0 Å². The normalized spacial score (nSPS) is 30.6. The topological polar surface area (TPSA) is 124 Å². The molecule has 4 N–H and O–H groups in total. The van der Waals surface area contributed by atoms with Crippen molar-refractivity contribution in [2.45, 2.75) is 63.8 Å². The number of carbonyl (C=O) groups excluding carboxylic acids is 2. The summed E-state index contributed by atoms with van der Waals surface area (Å²) in [6, 6.07) is 0. The molecule has 0 saturated carbocycles. The maximum atomic E-state index is 13.2.